The van der Waals surface area contributed by atoms with Crippen LogP contribution in [0.15, 0.2) is 10.9 Å². The number of aromatic amines is 1. The first-order chi connectivity index (χ1) is 8.42. The first-order valence-corrected chi connectivity index (χ1v) is 6.02. The zero-order valence-corrected chi connectivity index (χ0v) is 10.9. The van der Waals surface area contributed by atoms with E-state index < -0.39 is 12.0 Å². The fraction of sp³-hybridized carbons (Fsp3) is 0.583. The summed E-state index contributed by atoms with van der Waals surface area (Å²) >= 11 is 0. The van der Waals surface area contributed by atoms with Gasteiger partial charge in [-0.1, -0.05) is 20.8 Å². The van der Waals surface area contributed by atoms with Gasteiger partial charge in [0, 0.05) is 12.5 Å². The predicted molar refractivity (Wildman–Crippen MR) is 68.7 cm³/mol. The topological polar surface area (TPSA) is 95.1 Å². The van der Waals surface area contributed by atoms with Crippen molar-refractivity contribution in [3.63, 3.8) is 0 Å². The number of carboxylic acids is 1. The van der Waals surface area contributed by atoms with Crippen LogP contribution in [0, 0.1) is 5.92 Å². The second kappa shape index (κ2) is 6.18. The summed E-state index contributed by atoms with van der Waals surface area (Å²) in [5.74, 6) is 0.150. The largest absolute Gasteiger partial charge is 0.480 e. The van der Waals surface area contributed by atoms with Crippen LogP contribution in [0.25, 0.3) is 0 Å². The lowest BCUT2D eigenvalue weighted by Gasteiger charge is -2.17. The van der Waals surface area contributed by atoms with E-state index in [-0.39, 0.29) is 11.5 Å². The molecule has 3 N–H and O–H groups in total. The van der Waals surface area contributed by atoms with Crippen molar-refractivity contribution < 1.29 is 9.90 Å². The van der Waals surface area contributed by atoms with Crippen LogP contribution >= 0.6 is 0 Å². The summed E-state index contributed by atoms with van der Waals surface area (Å²) in [6, 6.07) is 0.541. The highest BCUT2D eigenvalue weighted by Crippen LogP contribution is 2.10. The molecule has 1 rings (SSSR count). The zero-order valence-electron chi connectivity index (χ0n) is 10.9. The van der Waals surface area contributed by atoms with Gasteiger partial charge >= 0.3 is 5.97 Å². The summed E-state index contributed by atoms with van der Waals surface area (Å²) in [7, 11) is 0. The molecule has 1 atom stereocenters. The molecule has 0 radical (unpaired) electrons. The van der Waals surface area contributed by atoms with Crippen LogP contribution in [0.1, 0.15) is 33.0 Å². The number of aryl methyl sites for hydroxylation is 1. The van der Waals surface area contributed by atoms with Crippen LogP contribution in [0.3, 0.4) is 0 Å². The number of aromatic nitrogens is 2. The number of hydrogen-bond donors (Lipinski definition) is 3. The molecule has 0 spiro atoms. The first kappa shape index (κ1) is 14.2. The van der Waals surface area contributed by atoms with Crippen LogP contribution in [0.5, 0.6) is 0 Å². The maximum atomic E-state index is 11.4. The number of carbonyl (C=O) groups is 1. The number of hydrogen-bond acceptors (Lipinski definition) is 4. The summed E-state index contributed by atoms with van der Waals surface area (Å²) < 4.78 is 0. The molecular weight excluding hydrogens is 234 g/mol. The molecular formula is C12H19N3O3. The molecule has 0 fully saturated rings. The molecule has 1 aromatic rings. The molecule has 0 saturated carbocycles. The third-order valence-corrected chi connectivity index (χ3v) is 2.45. The number of rotatable bonds is 6. The van der Waals surface area contributed by atoms with Crippen molar-refractivity contribution in [3.8, 4) is 0 Å². The van der Waals surface area contributed by atoms with Crippen molar-refractivity contribution in [2.45, 2.75) is 39.7 Å². The highest BCUT2D eigenvalue weighted by Gasteiger charge is 2.19. The number of aliphatic carboxylic acids is 1. The molecule has 0 amide bonds. The Morgan fingerprint density at radius 3 is 2.72 bits per heavy atom. The molecule has 1 aromatic heterocycles. The zero-order chi connectivity index (χ0) is 13.7. The van der Waals surface area contributed by atoms with Crippen LogP contribution in [-0.4, -0.2) is 27.1 Å². The van der Waals surface area contributed by atoms with Crippen LogP contribution in [0.2, 0.25) is 0 Å². The van der Waals surface area contributed by atoms with Gasteiger partial charge in [-0.15, -0.1) is 0 Å². The van der Waals surface area contributed by atoms with E-state index in [0.717, 1.165) is 0 Å². The summed E-state index contributed by atoms with van der Waals surface area (Å²) in [5.41, 5.74) is -0.280. The molecule has 0 aliphatic carbocycles. The molecule has 18 heavy (non-hydrogen) atoms. The van der Waals surface area contributed by atoms with Gasteiger partial charge in [0.2, 0.25) is 0 Å². The summed E-state index contributed by atoms with van der Waals surface area (Å²) in [5, 5.41) is 11.9. The third kappa shape index (κ3) is 4.20. The molecule has 0 saturated heterocycles. The van der Waals surface area contributed by atoms with E-state index in [1.54, 1.807) is 0 Å². The summed E-state index contributed by atoms with van der Waals surface area (Å²) in [6.45, 7) is 5.76. The number of nitrogens with zero attached hydrogens (tertiary/aromatic N) is 1. The number of nitrogens with one attached hydrogen (secondary N) is 2. The van der Waals surface area contributed by atoms with Gasteiger partial charge in [-0.05, 0) is 12.3 Å². The fourth-order valence-electron chi connectivity index (χ4n) is 1.62. The third-order valence-electron chi connectivity index (χ3n) is 2.45. The lowest BCUT2D eigenvalue weighted by molar-refractivity contribution is -0.138. The van der Waals surface area contributed by atoms with Crippen molar-refractivity contribution in [1.29, 1.82) is 0 Å². The van der Waals surface area contributed by atoms with Crippen molar-refractivity contribution in [1.82, 2.24) is 9.97 Å². The van der Waals surface area contributed by atoms with Crippen molar-refractivity contribution in [3.05, 3.63) is 22.2 Å². The average Bonchev–Trinajstić information content (AvgIpc) is 2.26. The van der Waals surface area contributed by atoms with E-state index in [0.29, 0.717) is 24.5 Å². The molecule has 0 aliphatic heterocycles. The van der Waals surface area contributed by atoms with Gasteiger partial charge in [-0.25, -0.2) is 9.78 Å². The van der Waals surface area contributed by atoms with E-state index in [1.165, 1.54) is 6.07 Å². The Kier molecular flexibility index (Phi) is 4.88. The van der Waals surface area contributed by atoms with E-state index in [4.69, 9.17) is 5.11 Å². The lowest BCUT2D eigenvalue weighted by Crippen LogP contribution is -2.31. The SMILES string of the molecule is CCc1nc(NC(CC(C)C)C(=O)O)cc(=O)[nH]1. The number of H-pyrrole nitrogens is 1. The highest BCUT2D eigenvalue weighted by molar-refractivity contribution is 5.76. The van der Waals surface area contributed by atoms with Crippen LogP contribution < -0.4 is 10.9 Å². The minimum absolute atomic E-state index is 0.242. The molecule has 6 heteroatoms. The standard InChI is InChI=1S/C12H19N3O3/c1-4-9-14-10(6-11(16)15-9)13-8(12(17)18)5-7(2)3/h6-8H,4-5H2,1-3H3,(H,17,18)(H2,13,14,15,16). The molecule has 1 heterocycles. The van der Waals surface area contributed by atoms with E-state index >= 15 is 0 Å². The maximum absolute atomic E-state index is 11.4. The molecule has 0 aliphatic rings. The van der Waals surface area contributed by atoms with Crippen LogP contribution in [0.4, 0.5) is 5.82 Å². The second-order valence-electron chi connectivity index (χ2n) is 4.60. The van der Waals surface area contributed by atoms with Gasteiger partial charge in [0.05, 0.1) is 0 Å². The smallest absolute Gasteiger partial charge is 0.326 e. The quantitative estimate of drug-likeness (QED) is 0.709. The lowest BCUT2D eigenvalue weighted by atomic mass is 10.0. The van der Waals surface area contributed by atoms with E-state index in [9.17, 15) is 9.59 Å². The van der Waals surface area contributed by atoms with E-state index in [1.807, 2.05) is 20.8 Å². The van der Waals surface area contributed by atoms with Crippen molar-refractivity contribution in [2.75, 3.05) is 5.32 Å². The van der Waals surface area contributed by atoms with Gasteiger partial charge < -0.3 is 15.4 Å². The van der Waals surface area contributed by atoms with E-state index in [2.05, 4.69) is 15.3 Å². The molecule has 6 nitrogen and oxygen atoms in total. The number of anilines is 1. The Balaban J connectivity index is 2.89. The first-order valence-electron chi connectivity index (χ1n) is 6.02. The molecule has 1 unspecified atom stereocenters. The van der Waals surface area contributed by atoms with Gasteiger partial charge in [0.1, 0.15) is 17.7 Å². The van der Waals surface area contributed by atoms with Gasteiger partial charge in [0.15, 0.2) is 0 Å². The van der Waals surface area contributed by atoms with Gasteiger partial charge in [0.25, 0.3) is 5.56 Å². The Morgan fingerprint density at radius 1 is 1.56 bits per heavy atom. The van der Waals surface area contributed by atoms with Gasteiger partial charge in [-0.3, -0.25) is 4.79 Å². The minimum Gasteiger partial charge on any atom is -0.480 e. The normalized spacial score (nSPS) is 12.4. The molecule has 100 valence electrons. The molecule has 0 aromatic carbocycles. The highest BCUT2D eigenvalue weighted by atomic mass is 16.4. The summed E-state index contributed by atoms with van der Waals surface area (Å²) in [4.78, 5) is 29.2. The summed E-state index contributed by atoms with van der Waals surface area (Å²) in [6.07, 6.45) is 1.07. The average molecular weight is 253 g/mol. The van der Waals surface area contributed by atoms with Gasteiger partial charge in [-0.2, -0.15) is 0 Å². The fourth-order valence-corrected chi connectivity index (χ4v) is 1.62. The van der Waals surface area contributed by atoms with Crippen molar-refractivity contribution >= 4 is 11.8 Å². The Hall–Kier alpha value is -1.85. The Morgan fingerprint density at radius 2 is 2.22 bits per heavy atom. The second-order valence-corrected chi connectivity index (χ2v) is 4.60. The number of carboxylic acid groups (broad SMARTS) is 1. The monoisotopic (exact) mass is 253 g/mol. The predicted octanol–water partition coefficient (Wildman–Crippen LogP) is 1.24. The molecule has 0 bridgehead atoms. The Labute approximate surface area is 105 Å². The van der Waals surface area contributed by atoms with Crippen molar-refractivity contribution in [2.24, 2.45) is 5.92 Å². The Bertz CT molecular complexity index is 468. The minimum atomic E-state index is -0.941. The van der Waals surface area contributed by atoms with Crippen LogP contribution in [-0.2, 0) is 11.2 Å². The maximum Gasteiger partial charge on any atom is 0.326 e.